The van der Waals surface area contributed by atoms with Crippen LogP contribution in [-0.4, -0.2) is 34.8 Å². The molecule has 10 heteroatoms. The van der Waals surface area contributed by atoms with Gasteiger partial charge in [-0.15, -0.1) is 0 Å². The van der Waals surface area contributed by atoms with E-state index in [9.17, 15) is 26.3 Å². The molecule has 33 heavy (non-hydrogen) atoms. The average molecular weight is 470 g/mol. The highest BCUT2D eigenvalue weighted by Gasteiger charge is 2.42. The molecule has 2 bridgehead atoms. The van der Waals surface area contributed by atoms with Crippen LogP contribution in [0.2, 0.25) is 0 Å². The maximum absolute atomic E-state index is 14.0. The van der Waals surface area contributed by atoms with Gasteiger partial charge >= 0.3 is 0 Å². The number of halogens is 6. The summed E-state index contributed by atoms with van der Waals surface area (Å²) in [7, 11) is 0. The molecule has 3 aromatic rings. The summed E-state index contributed by atoms with van der Waals surface area (Å²) in [4.78, 5) is 2.31. The number of piperidine rings is 1. The quantitative estimate of drug-likeness (QED) is 0.264. The number of benzene rings is 2. The number of aromatic nitrogens is 1. The first kappa shape index (κ1) is 22.1. The second-order valence-electron chi connectivity index (χ2n) is 8.61. The number of nitrogens with zero attached hydrogens (tertiary/aromatic N) is 2. The molecule has 2 atom stereocenters. The van der Waals surface area contributed by atoms with Crippen molar-refractivity contribution in [3.63, 3.8) is 0 Å². The van der Waals surface area contributed by atoms with Crippen molar-refractivity contribution in [1.29, 1.82) is 0 Å². The second kappa shape index (κ2) is 8.55. The van der Waals surface area contributed by atoms with Gasteiger partial charge in [0.05, 0.1) is 5.69 Å². The van der Waals surface area contributed by atoms with Crippen molar-refractivity contribution in [3.05, 3.63) is 58.8 Å². The van der Waals surface area contributed by atoms with Gasteiger partial charge in [0.15, 0.2) is 11.3 Å². The van der Waals surface area contributed by atoms with E-state index < -0.39 is 46.8 Å². The topological polar surface area (TPSA) is 38.5 Å². The lowest BCUT2D eigenvalue weighted by atomic mass is 9.99. The molecule has 0 radical (unpaired) electrons. The summed E-state index contributed by atoms with van der Waals surface area (Å²) in [6.45, 7) is 0.750. The van der Waals surface area contributed by atoms with Gasteiger partial charge in [-0.2, -0.15) is 8.78 Å². The van der Waals surface area contributed by atoms with Crippen molar-refractivity contribution in [3.8, 4) is 5.75 Å². The van der Waals surface area contributed by atoms with Crippen molar-refractivity contribution in [2.75, 3.05) is 6.54 Å². The number of aryl methyl sites for hydroxylation is 1. The van der Waals surface area contributed by atoms with E-state index in [0.29, 0.717) is 24.8 Å². The summed E-state index contributed by atoms with van der Waals surface area (Å²) >= 11 is 0. The second-order valence-corrected chi connectivity index (χ2v) is 8.61. The van der Waals surface area contributed by atoms with Crippen LogP contribution < -0.4 is 4.74 Å². The molecule has 0 amide bonds. The summed E-state index contributed by atoms with van der Waals surface area (Å²) in [5, 5.41) is 4.80. The van der Waals surface area contributed by atoms with E-state index in [0.717, 1.165) is 36.9 Å². The van der Waals surface area contributed by atoms with Gasteiger partial charge in [0.25, 0.3) is 0 Å². The van der Waals surface area contributed by atoms with E-state index in [2.05, 4.69) is 10.1 Å². The van der Waals surface area contributed by atoms with E-state index in [1.165, 1.54) is 12.1 Å². The van der Waals surface area contributed by atoms with Crippen LogP contribution in [0, 0.1) is 34.9 Å². The van der Waals surface area contributed by atoms with Crippen LogP contribution in [0.1, 0.15) is 37.8 Å². The number of hydrogen-bond donors (Lipinski definition) is 0. The van der Waals surface area contributed by atoms with E-state index in [4.69, 9.17) is 9.26 Å². The van der Waals surface area contributed by atoms with Gasteiger partial charge in [-0.25, -0.2) is 17.6 Å². The fourth-order valence-corrected chi connectivity index (χ4v) is 5.11. The molecule has 4 nitrogen and oxygen atoms in total. The van der Waals surface area contributed by atoms with E-state index in [1.807, 2.05) is 0 Å². The molecule has 2 aliphatic heterocycles. The van der Waals surface area contributed by atoms with Crippen LogP contribution in [0.5, 0.6) is 5.75 Å². The molecule has 3 heterocycles. The highest BCUT2D eigenvalue weighted by atomic mass is 19.2. The third-order valence-electron chi connectivity index (χ3n) is 6.63. The first-order valence-electron chi connectivity index (χ1n) is 10.8. The number of fused-ring (bicyclic) bond motifs is 3. The van der Waals surface area contributed by atoms with Crippen LogP contribution in [0.15, 0.2) is 22.7 Å². The Morgan fingerprint density at radius 3 is 2.21 bits per heavy atom. The van der Waals surface area contributed by atoms with E-state index in [1.54, 1.807) is 6.07 Å². The minimum atomic E-state index is -2.20. The lowest BCUT2D eigenvalue weighted by Gasteiger charge is -2.39. The summed E-state index contributed by atoms with van der Waals surface area (Å²) in [5.74, 6) is -11.7. The molecular weight excluding hydrogens is 450 g/mol. The third-order valence-corrected chi connectivity index (χ3v) is 6.63. The Morgan fingerprint density at radius 1 is 0.909 bits per heavy atom. The average Bonchev–Trinajstić information content (AvgIpc) is 3.30. The summed E-state index contributed by atoms with van der Waals surface area (Å²) in [5.41, 5.74) is 1.15. The van der Waals surface area contributed by atoms with Gasteiger partial charge in [0, 0.05) is 23.5 Å². The van der Waals surface area contributed by atoms with E-state index >= 15 is 0 Å². The van der Waals surface area contributed by atoms with E-state index in [-0.39, 0.29) is 12.1 Å². The Morgan fingerprint density at radius 2 is 1.55 bits per heavy atom. The number of rotatable bonds is 6. The lowest BCUT2D eigenvalue weighted by molar-refractivity contribution is 0.0433. The molecule has 1 aromatic heterocycles. The normalized spacial score (nSPS) is 22.9. The molecular formula is C23H20F6N2O2. The van der Waals surface area contributed by atoms with Crippen LogP contribution >= 0.6 is 0 Å². The van der Waals surface area contributed by atoms with Crippen molar-refractivity contribution >= 4 is 11.0 Å². The highest BCUT2D eigenvalue weighted by Crippen LogP contribution is 2.39. The molecule has 2 aliphatic rings. The summed E-state index contributed by atoms with van der Waals surface area (Å²) in [6, 6.07) is 4.49. The van der Waals surface area contributed by atoms with Gasteiger partial charge in [-0.3, -0.25) is 4.90 Å². The minimum absolute atomic E-state index is 0.0955. The smallest absolute Gasteiger partial charge is 0.207 e. The number of ether oxygens (including phenoxy) is 1. The predicted octanol–water partition coefficient (Wildman–Crippen LogP) is 5.67. The summed E-state index contributed by atoms with van der Waals surface area (Å²) < 4.78 is 92.0. The Bertz CT molecular complexity index is 1160. The molecule has 176 valence electrons. The van der Waals surface area contributed by atoms with Crippen LogP contribution in [-0.2, 0) is 6.42 Å². The molecule has 0 spiro atoms. The zero-order chi connectivity index (χ0) is 23.3. The van der Waals surface area contributed by atoms with Crippen molar-refractivity contribution < 1.29 is 35.6 Å². The minimum Gasteiger partial charge on any atom is -0.484 e. The molecule has 0 N–H and O–H groups in total. The Kier molecular flexibility index (Phi) is 5.72. The molecule has 0 aliphatic carbocycles. The van der Waals surface area contributed by atoms with Gasteiger partial charge < -0.3 is 9.26 Å². The van der Waals surface area contributed by atoms with Crippen molar-refractivity contribution in [2.24, 2.45) is 0 Å². The van der Waals surface area contributed by atoms with Gasteiger partial charge in [0.2, 0.25) is 29.1 Å². The molecule has 0 saturated carbocycles. The molecule has 2 unspecified atom stereocenters. The maximum atomic E-state index is 14.0. The van der Waals surface area contributed by atoms with Gasteiger partial charge in [0.1, 0.15) is 11.9 Å². The van der Waals surface area contributed by atoms with Crippen LogP contribution in [0.3, 0.4) is 0 Å². The molecule has 2 fully saturated rings. The first-order chi connectivity index (χ1) is 15.8. The van der Waals surface area contributed by atoms with Crippen LogP contribution in [0.25, 0.3) is 11.0 Å². The summed E-state index contributed by atoms with van der Waals surface area (Å²) in [6.07, 6.45) is 3.38. The SMILES string of the molecule is Fc1ccc2c(CCCN3C4CCC3CC(Oc3c(F)c(F)c(F)c(F)c3F)C4)noc2c1. The predicted molar refractivity (Wildman–Crippen MR) is 106 cm³/mol. The van der Waals surface area contributed by atoms with Crippen molar-refractivity contribution in [2.45, 2.75) is 56.7 Å². The Hall–Kier alpha value is -2.75. The Balaban J connectivity index is 1.21. The largest absolute Gasteiger partial charge is 0.484 e. The number of hydrogen-bond acceptors (Lipinski definition) is 4. The Labute approximate surface area is 185 Å². The third kappa shape index (κ3) is 3.94. The van der Waals surface area contributed by atoms with Gasteiger partial charge in [-0.1, -0.05) is 5.16 Å². The maximum Gasteiger partial charge on any atom is 0.207 e. The monoisotopic (exact) mass is 470 g/mol. The zero-order valence-corrected chi connectivity index (χ0v) is 17.4. The zero-order valence-electron chi connectivity index (χ0n) is 17.4. The van der Waals surface area contributed by atoms with Crippen LogP contribution in [0.4, 0.5) is 26.3 Å². The lowest BCUT2D eigenvalue weighted by Crippen LogP contribution is -2.46. The highest BCUT2D eigenvalue weighted by molar-refractivity contribution is 5.79. The first-order valence-corrected chi connectivity index (χ1v) is 10.8. The molecule has 2 saturated heterocycles. The molecule has 5 rings (SSSR count). The standard InChI is InChI=1S/C23H20F6N2O2/c24-11-3-6-15-16(30-33-17(15)8-11)2-1-7-31-12-4-5-13(31)10-14(9-12)32-23-21(28)19(26)18(25)20(27)22(23)29/h3,6,8,12-14H,1-2,4-5,7,9-10H2. The molecule has 2 aromatic carbocycles. The van der Waals surface area contributed by atoms with Crippen molar-refractivity contribution in [1.82, 2.24) is 10.1 Å². The van der Waals surface area contributed by atoms with Gasteiger partial charge in [-0.05, 0) is 57.2 Å². The fourth-order valence-electron chi connectivity index (χ4n) is 5.11. The fraction of sp³-hybridized carbons (Fsp3) is 0.435.